The Bertz CT molecular complexity index is 522. The Balaban J connectivity index is 2.09. The van der Waals surface area contributed by atoms with Gasteiger partial charge in [0.05, 0.1) is 15.7 Å². The lowest BCUT2D eigenvalue weighted by atomic mass is 10.3. The van der Waals surface area contributed by atoms with E-state index in [1.807, 2.05) is 26.1 Å². The van der Waals surface area contributed by atoms with E-state index >= 15 is 0 Å². The number of nitrogens with zero attached hydrogens (tertiary/aromatic N) is 3. The zero-order chi connectivity index (χ0) is 12.4. The minimum Gasteiger partial charge on any atom is -0.257 e. The second-order valence-corrected chi connectivity index (χ2v) is 5.37. The minimum absolute atomic E-state index is 0.643. The summed E-state index contributed by atoms with van der Waals surface area (Å²) in [7, 11) is 1.84. The molecule has 0 aliphatic heterocycles. The highest BCUT2D eigenvalue weighted by Crippen LogP contribution is 2.27. The van der Waals surface area contributed by atoms with Gasteiger partial charge in [-0.05, 0) is 19.1 Å². The van der Waals surface area contributed by atoms with Gasteiger partial charge in [-0.15, -0.1) is 11.8 Å². The molecule has 2 aromatic rings. The summed E-state index contributed by atoms with van der Waals surface area (Å²) < 4.78 is 1.68. The lowest BCUT2D eigenvalue weighted by Crippen LogP contribution is -1.89. The number of thioether (sulfide) groups is 1. The summed E-state index contributed by atoms with van der Waals surface area (Å²) in [6, 6.07) is 3.72. The molecule has 3 nitrogen and oxygen atoms in total. The van der Waals surface area contributed by atoms with Crippen LogP contribution in [0.2, 0.25) is 10.2 Å². The molecule has 0 saturated heterocycles. The third-order valence-corrected chi connectivity index (χ3v) is 4.00. The molecule has 0 aliphatic carbocycles. The molecule has 0 unspecified atom stereocenters. The van der Waals surface area contributed by atoms with Crippen LogP contribution in [0.4, 0.5) is 0 Å². The van der Waals surface area contributed by atoms with Crippen molar-refractivity contribution in [1.29, 1.82) is 0 Å². The van der Waals surface area contributed by atoms with E-state index in [0.717, 1.165) is 22.0 Å². The Morgan fingerprint density at radius 2 is 2.12 bits per heavy atom. The summed E-state index contributed by atoms with van der Waals surface area (Å²) in [5, 5.41) is 6.52. The van der Waals surface area contributed by atoms with Gasteiger partial charge in [-0.25, -0.2) is 4.98 Å². The fourth-order valence-corrected chi connectivity index (χ4v) is 2.79. The van der Waals surface area contributed by atoms with Crippen molar-refractivity contribution in [1.82, 2.24) is 14.8 Å². The lowest BCUT2D eigenvalue weighted by Gasteiger charge is -2.01. The van der Waals surface area contributed by atoms with Crippen LogP contribution in [0.3, 0.4) is 0 Å². The maximum absolute atomic E-state index is 6.15. The Morgan fingerprint density at radius 1 is 1.35 bits per heavy atom. The lowest BCUT2D eigenvalue weighted by molar-refractivity contribution is 0.757. The van der Waals surface area contributed by atoms with Gasteiger partial charge < -0.3 is 0 Å². The number of hydrogen-bond donors (Lipinski definition) is 0. The molecular weight excluding hydrogens is 277 g/mol. The number of hydrogen-bond acceptors (Lipinski definition) is 3. The molecule has 2 heterocycles. The van der Waals surface area contributed by atoms with E-state index in [-0.39, 0.29) is 0 Å². The molecule has 0 N–H and O–H groups in total. The first-order valence-corrected chi connectivity index (χ1v) is 6.74. The van der Waals surface area contributed by atoms with E-state index in [2.05, 4.69) is 10.1 Å². The summed E-state index contributed by atoms with van der Waals surface area (Å²) in [5.74, 6) is 0.757. The molecule has 2 aromatic heterocycles. The van der Waals surface area contributed by atoms with Crippen molar-refractivity contribution >= 4 is 35.0 Å². The quantitative estimate of drug-likeness (QED) is 0.806. The van der Waals surface area contributed by atoms with Crippen LogP contribution in [0.25, 0.3) is 0 Å². The van der Waals surface area contributed by atoms with Gasteiger partial charge >= 0.3 is 0 Å². The SMILES string of the molecule is Cc1nn(C)c(Cl)c1CSc1ccc(Cl)cn1. The van der Waals surface area contributed by atoms with E-state index in [4.69, 9.17) is 23.2 Å². The van der Waals surface area contributed by atoms with E-state index < -0.39 is 0 Å². The van der Waals surface area contributed by atoms with Crippen LogP contribution in [0.1, 0.15) is 11.3 Å². The summed E-state index contributed by atoms with van der Waals surface area (Å²) in [5.41, 5.74) is 2.01. The van der Waals surface area contributed by atoms with Crippen molar-refractivity contribution in [2.45, 2.75) is 17.7 Å². The molecule has 0 spiro atoms. The predicted octanol–water partition coefficient (Wildman–Crippen LogP) is 3.72. The first-order chi connectivity index (χ1) is 8.08. The van der Waals surface area contributed by atoms with Crippen LogP contribution in [-0.2, 0) is 12.8 Å². The predicted molar refractivity (Wildman–Crippen MR) is 71.8 cm³/mol. The van der Waals surface area contributed by atoms with Gasteiger partial charge in [-0.2, -0.15) is 5.10 Å². The van der Waals surface area contributed by atoms with Crippen molar-refractivity contribution in [3.8, 4) is 0 Å². The van der Waals surface area contributed by atoms with Crippen LogP contribution < -0.4 is 0 Å². The van der Waals surface area contributed by atoms with Crippen molar-refractivity contribution in [3.05, 3.63) is 39.8 Å². The van der Waals surface area contributed by atoms with Crippen molar-refractivity contribution < 1.29 is 0 Å². The first-order valence-electron chi connectivity index (χ1n) is 5.00. The third kappa shape index (κ3) is 2.94. The molecule has 0 atom stereocenters. The smallest absolute Gasteiger partial charge is 0.131 e. The zero-order valence-corrected chi connectivity index (χ0v) is 11.8. The Morgan fingerprint density at radius 3 is 2.65 bits per heavy atom. The van der Waals surface area contributed by atoms with Gasteiger partial charge in [0.15, 0.2) is 0 Å². The largest absolute Gasteiger partial charge is 0.257 e. The van der Waals surface area contributed by atoms with Crippen molar-refractivity contribution in [3.63, 3.8) is 0 Å². The standard InChI is InChI=1S/C11H11Cl2N3S/c1-7-9(11(13)16(2)15-7)6-17-10-4-3-8(12)5-14-10/h3-5H,6H2,1-2H3. The van der Waals surface area contributed by atoms with Crippen LogP contribution in [-0.4, -0.2) is 14.8 Å². The third-order valence-electron chi connectivity index (χ3n) is 2.33. The maximum Gasteiger partial charge on any atom is 0.131 e. The van der Waals surface area contributed by atoms with Gasteiger partial charge in [-0.1, -0.05) is 23.2 Å². The Hall–Kier alpha value is -0.710. The van der Waals surface area contributed by atoms with Gasteiger partial charge in [0.25, 0.3) is 0 Å². The van der Waals surface area contributed by atoms with Gasteiger partial charge in [0.1, 0.15) is 5.15 Å². The van der Waals surface area contributed by atoms with Gasteiger partial charge in [0, 0.05) is 24.6 Å². The van der Waals surface area contributed by atoms with Crippen LogP contribution in [0.5, 0.6) is 0 Å². The highest BCUT2D eigenvalue weighted by Gasteiger charge is 2.11. The Kier molecular flexibility index (Phi) is 3.97. The average molecular weight is 288 g/mol. The van der Waals surface area contributed by atoms with Gasteiger partial charge in [-0.3, -0.25) is 4.68 Å². The normalized spacial score (nSPS) is 10.8. The molecule has 0 aliphatic rings. The molecule has 0 bridgehead atoms. The molecule has 6 heteroatoms. The highest BCUT2D eigenvalue weighted by molar-refractivity contribution is 7.98. The number of rotatable bonds is 3. The van der Waals surface area contributed by atoms with E-state index in [0.29, 0.717) is 10.2 Å². The summed E-state index contributed by atoms with van der Waals surface area (Å²) in [4.78, 5) is 4.22. The zero-order valence-electron chi connectivity index (χ0n) is 9.44. The Labute approximate surface area is 114 Å². The molecule has 0 amide bonds. The highest BCUT2D eigenvalue weighted by atomic mass is 35.5. The fourth-order valence-electron chi connectivity index (χ4n) is 1.43. The molecule has 17 heavy (non-hydrogen) atoms. The molecule has 0 fully saturated rings. The van der Waals surface area contributed by atoms with E-state index in [1.54, 1.807) is 22.6 Å². The van der Waals surface area contributed by atoms with Crippen molar-refractivity contribution in [2.24, 2.45) is 7.05 Å². The topological polar surface area (TPSA) is 30.7 Å². The number of halogens is 2. The summed E-state index contributed by atoms with van der Waals surface area (Å²) in [6.07, 6.45) is 1.64. The van der Waals surface area contributed by atoms with E-state index in [1.165, 1.54) is 0 Å². The van der Waals surface area contributed by atoms with Crippen LogP contribution in [0.15, 0.2) is 23.4 Å². The second kappa shape index (κ2) is 5.29. The molecule has 2 rings (SSSR count). The van der Waals surface area contributed by atoms with Crippen LogP contribution >= 0.6 is 35.0 Å². The summed E-state index contributed by atoms with van der Waals surface area (Å²) in [6.45, 7) is 1.96. The number of pyridine rings is 1. The number of aromatic nitrogens is 3. The molecule has 90 valence electrons. The molecular formula is C11H11Cl2N3S. The maximum atomic E-state index is 6.15. The second-order valence-electron chi connectivity index (χ2n) is 3.58. The monoisotopic (exact) mass is 287 g/mol. The van der Waals surface area contributed by atoms with Gasteiger partial charge in [0.2, 0.25) is 0 Å². The molecule has 0 radical (unpaired) electrons. The van der Waals surface area contributed by atoms with Crippen molar-refractivity contribution in [2.75, 3.05) is 0 Å². The van der Waals surface area contributed by atoms with Crippen LogP contribution in [0, 0.1) is 6.92 Å². The molecule has 0 aromatic carbocycles. The fraction of sp³-hybridized carbons (Fsp3) is 0.273. The first kappa shape index (κ1) is 12.7. The average Bonchev–Trinajstić information content (AvgIpc) is 2.54. The van der Waals surface area contributed by atoms with E-state index in [9.17, 15) is 0 Å². The molecule has 0 saturated carbocycles. The number of aryl methyl sites for hydroxylation is 2. The summed E-state index contributed by atoms with van der Waals surface area (Å²) >= 11 is 13.5. The minimum atomic E-state index is 0.643.